The average molecular weight is 470 g/mol. The van der Waals surface area contributed by atoms with Crippen molar-refractivity contribution in [2.75, 3.05) is 26.9 Å². The third-order valence-electron chi connectivity index (χ3n) is 4.84. The fourth-order valence-corrected chi connectivity index (χ4v) is 4.40. The molecule has 0 atom stereocenters. The molecule has 0 bridgehead atoms. The Kier molecular flexibility index (Phi) is 8.76. The van der Waals surface area contributed by atoms with Crippen LogP contribution in [0.5, 0.6) is 17.2 Å². The van der Waals surface area contributed by atoms with E-state index in [1.807, 2.05) is 30.3 Å². The van der Waals surface area contributed by atoms with Crippen molar-refractivity contribution >= 4 is 40.3 Å². The summed E-state index contributed by atoms with van der Waals surface area (Å²) in [6, 6.07) is 13.7. The van der Waals surface area contributed by atoms with Crippen LogP contribution in [0.4, 0.5) is 0 Å². The van der Waals surface area contributed by atoms with Crippen LogP contribution in [0.3, 0.4) is 0 Å². The molecule has 5 nitrogen and oxygen atoms in total. The summed E-state index contributed by atoms with van der Waals surface area (Å²) in [7, 11) is 1.60. The Bertz CT molecular complexity index is 1000. The van der Waals surface area contributed by atoms with Crippen molar-refractivity contribution in [2.45, 2.75) is 19.8 Å². The summed E-state index contributed by atoms with van der Waals surface area (Å²) >= 11 is 6.60. The molecule has 0 radical (unpaired) electrons. The van der Waals surface area contributed by atoms with Crippen LogP contribution in [0.1, 0.15) is 24.5 Å². The topological polar surface area (TPSA) is 48.0 Å². The van der Waals surface area contributed by atoms with E-state index >= 15 is 0 Å². The minimum absolute atomic E-state index is 0.129. The minimum Gasteiger partial charge on any atom is -0.493 e. The highest BCUT2D eigenvalue weighted by molar-refractivity contribution is 8.26. The zero-order valence-corrected chi connectivity index (χ0v) is 20.0. The van der Waals surface area contributed by atoms with Crippen LogP contribution in [0, 0.1) is 0 Å². The molecule has 3 rings (SSSR count). The average Bonchev–Trinajstić information content (AvgIpc) is 3.07. The van der Waals surface area contributed by atoms with E-state index in [1.165, 1.54) is 22.2 Å². The van der Waals surface area contributed by atoms with Gasteiger partial charge in [-0.15, -0.1) is 6.58 Å². The standard InChI is InChI=1S/C25H27NO4S2/c1-4-14-26-24(27)22(32-25(26)31)17-19-8-6-9-21(28-3)23(19)30-16-7-15-29-20-12-10-18(5-2)11-13-20/h4,6,8-13,17H,1,5,7,14-16H2,2-3H3. The lowest BCUT2D eigenvalue weighted by atomic mass is 10.1. The molecule has 2 aromatic carbocycles. The molecule has 0 aliphatic carbocycles. The highest BCUT2D eigenvalue weighted by atomic mass is 32.2. The SMILES string of the molecule is C=CCN1C(=O)C(=Cc2cccc(OC)c2OCCCOc2ccc(CC)cc2)SC1=S. The molecule has 2 aromatic rings. The second kappa shape index (κ2) is 11.7. The zero-order chi connectivity index (χ0) is 22.9. The van der Waals surface area contributed by atoms with Gasteiger partial charge in [0.1, 0.15) is 10.1 Å². The number of benzene rings is 2. The van der Waals surface area contributed by atoms with E-state index in [-0.39, 0.29) is 5.91 Å². The molecule has 1 fully saturated rings. The highest BCUT2D eigenvalue weighted by Gasteiger charge is 2.31. The lowest BCUT2D eigenvalue weighted by Gasteiger charge is -2.14. The Morgan fingerprint density at radius 2 is 1.88 bits per heavy atom. The van der Waals surface area contributed by atoms with Crippen molar-refractivity contribution in [3.8, 4) is 17.2 Å². The monoisotopic (exact) mass is 469 g/mol. The number of carbonyl (C=O) groups is 1. The van der Waals surface area contributed by atoms with E-state index in [4.69, 9.17) is 26.4 Å². The van der Waals surface area contributed by atoms with Crippen molar-refractivity contribution in [1.29, 1.82) is 0 Å². The summed E-state index contributed by atoms with van der Waals surface area (Å²) in [6.45, 7) is 7.19. The molecule has 0 N–H and O–H groups in total. The van der Waals surface area contributed by atoms with Crippen molar-refractivity contribution in [2.24, 2.45) is 0 Å². The van der Waals surface area contributed by atoms with Crippen LogP contribution < -0.4 is 14.2 Å². The summed E-state index contributed by atoms with van der Waals surface area (Å²) in [6.07, 6.45) is 5.17. The van der Waals surface area contributed by atoms with Crippen molar-refractivity contribution in [1.82, 2.24) is 4.90 Å². The maximum atomic E-state index is 12.7. The third kappa shape index (κ3) is 5.93. The molecule has 1 aliphatic rings. The van der Waals surface area contributed by atoms with Gasteiger partial charge in [-0.3, -0.25) is 9.69 Å². The quantitative estimate of drug-likeness (QED) is 0.188. The van der Waals surface area contributed by atoms with Crippen molar-refractivity contribution in [3.63, 3.8) is 0 Å². The highest BCUT2D eigenvalue weighted by Crippen LogP contribution is 2.37. The van der Waals surface area contributed by atoms with E-state index in [0.29, 0.717) is 46.9 Å². The van der Waals surface area contributed by atoms with Gasteiger partial charge in [0, 0.05) is 18.5 Å². The van der Waals surface area contributed by atoms with E-state index < -0.39 is 0 Å². The molecule has 1 amide bonds. The number of amides is 1. The normalized spacial score (nSPS) is 14.7. The van der Waals surface area contributed by atoms with Gasteiger partial charge < -0.3 is 14.2 Å². The van der Waals surface area contributed by atoms with Gasteiger partial charge >= 0.3 is 0 Å². The summed E-state index contributed by atoms with van der Waals surface area (Å²) in [4.78, 5) is 14.7. The lowest BCUT2D eigenvalue weighted by molar-refractivity contribution is -0.121. The van der Waals surface area contributed by atoms with Gasteiger partial charge in [-0.25, -0.2) is 0 Å². The number of hydrogen-bond donors (Lipinski definition) is 0. The van der Waals surface area contributed by atoms with E-state index in [2.05, 4.69) is 25.6 Å². The smallest absolute Gasteiger partial charge is 0.266 e. The number of nitrogens with zero attached hydrogens (tertiary/aromatic N) is 1. The first-order chi connectivity index (χ1) is 15.6. The van der Waals surface area contributed by atoms with Crippen LogP contribution in [-0.2, 0) is 11.2 Å². The van der Waals surface area contributed by atoms with Crippen LogP contribution in [0.15, 0.2) is 60.0 Å². The number of rotatable bonds is 11. The number of carbonyl (C=O) groups excluding carboxylic acids is 1. The molecule has 168 valence electrons. The number of methoxy groups -OCH3 is 1. The first-order valence-corrected chi connectivity index (χ1v) is 11.7. The largest absolute Gasteiger partial charge is 0.493 e. The molecule has 0 unspecified atom stereocenters. The van der Waals surface area contributed by atoms with Crippen LogP contribution in [0.25, 0.3) is 6.08 Å². The lowest BCUT2D eigenvalue weighted by Crippen LogP contribution is -2.27. The van der Waals surface area contributed by atoms with E-state index in [1.54, 1.807) is 19.3 Å². The molecular formula is C25H27NO4S2. The van der Waals surface area contributed by atoms with Gasteiger partial charge in [-0.1, -0.05) is 61.2 Å². The number of ether oxygens (including phenoxy) is 3. The molecule has 32 heavy (non-hydrogen) atoms. The summed E-state index contributed by atoms with van der Waals surface area (Å²) in [5.41, 5.74) is 2.05. The molecular weight excluding hydrogens is 442 g/mol. The first kappa shape index (κ1) is 23.9. The summed E-state index contributed by atoms with van der Waals surface area (Å²) in [5, 5.41) is 0. The maximum absolute atomic E-state index is 12.7. The molecule has 1 aliphatic heterocycles. The second-order valence-corrected chi connectivity index (χ2v) is 8.68. The molecule has 0 aromatic heterocycles. The van der Waals surface area contributed by atoms with Crippen LogP contribution >= 0.6 is 24.0 Å². The first-order valence-electron chi connectivity index (χ1n) is 10.4. The van der Waals surface area contributed by atoms with Gasteiger partial charge in [0.05, 0.1) is 25.2 Å². The van der Waals surface area contributed by atoms with Gasteiger partial charge in [0.2, 0.25) is 0 Å². The summed E-state index contributed by atoms with van der Waals surface area (Å²) in [5.74, 6) is 1.92. The van der Waals surface area contributed by atoms with E-state index in [9.17, 15) is 4.79 Å². The Hall–Kier alpha value is -2.77. The number of thiocarbonyl (C=S) groups is 1. The Morgan fingerprint density at radius 3 is 2.56 bits per heavy atom. The molecule has 0 spiro atoms. The molecule has 1 saturated heterocycles. The number of thioether (sulfide) groups is 1. The van der Waals surface area contributed by atoms with Gasteiger partial charge in [-0.2, -0.15) is 0 Å². The fourth-order valence-electron chi connectivity index (χ4n) is 3.13. The second-order valence-electron chi connectivity index (χ2n) is 7.01. The maximum Gasteiger partial charge on any atom is 0.266 e. The molecule has 0 saturated carbocycles. The van der Waals surface area contributed by atoms with Crippen molar-refractivity contribution < 1.29 is 19.0 Å². The summed E-state index contributed by atoms with van der Waals surface area (Å²) < 4.78 is 17.9. The number of hydrogen-bond acceptors (Lipinski definition) is 6. The Morgan fingerprint density at radius 1 is 1.12 bits per heavy atom. The zero-order valence-electron chi connectivity index (χ0n) is 18.3. The van der Waals surface area contributed by atoms with E-state index in [0.717, 1.165) is 17.7 Å². The van der Waals surface area contributed by atoms with Gasteiger partial charge in [0.25, 0.3) is 5.91 Å². The number of para-hydroxylation sites is 1. The van der Waals surface area contributed by atoms with Crippen LogP contribution in [-0.4, -0.2) is 42.0 Å². The predicted octanol–water partition coefficient (Wildman–Crippen LogP) is 5.49. The predicted molar refractivity (Wildman–Crippen MR) is 134 cm³/mol. The Balaban J connectivity index is 1.64. The number of aryl methyl sites for hydroxylation is 1. The fraction of sp³-hybridized carbons (Fsp3) is 0.280. The third-order valence-corrected chi connectivity index (χ3v) is 6.21. The minimum atomic E-state index is -0.129. The molecule has 1 heterocycles. The molecule has 7 heteroatoms. The van der Waals surface area contributed by atoms with Crippen molar-refractivity contribution in [3.05, 3.63) is 71.2 Å². The van der Waals surface area contributed by atoms with Gasteiger partial charge in [0.15, 0.2) is 11.5 Å². The van der Waals surface area contributed by atoms with Gasteiger partial charge in [-0.05, 0) is 36.3 Å². The Labute approximate surface area is 199 Å². The van der Waals surface area contributed by atoms with Crippen LogP contribution in [0.2, 0.25) is 0 Å².